The molecule has 0 aliphatic heterocycles. The second kappa shape index (κ2) is 6.51. The van der Waals surface area contributed by atoms with Crippen LogP contribution in [-0.2, 0) is 4.74 Å². The highest BCUT2D eigenvalue weighted by Crippen LogP contribution is 2.28. The van der Waals surface area contributed by atoms with Crippen molar-refractivity contribution in [2.24, 2.45) is 16.8 Å². The third kappa shape index (κ3) is 3.35. The van der Waals surface area contributed by atoms with E-state index in [1.807, 2.05) is 24.4 Å². The lowest BCUT2D eigenvalue weighted by Gasteiger charge is -2.23. The third-order valence-electron chi connectivity index (χ3n) is 3.81. The van der Waals surface area contributed by atoms with Crippen LogP contribution >= 0.6 is 0 Å². The van der Waals surface area contributed by atoms with Gasteiger partial charge < -0.3 is 4.74 Å². The van der Waals surface area contributed by atoms with E-state index in [4.69, 9.17) is 4.74 Å². The monoisotopic (exact) mass is 271 g/mol. The Morgan fingerprint density at radius 3 is 2.85 bits per heavy atom. The fraction of sp³-hybridized carbons (Fsp3) is 0.412. The van der Waals surface area contributed by atoms with Gasteiger partial charge in [-0.2, -0.15) is 0 Å². The van der Waals surface area contributed by atoms with Gasteiger partial charge in [-0.05, 0) is 37.8 Å². The Balaban J connectivity index is 2.18. The number of para-hydroxylation sites is 1. The molecule has 1 aromatic rings. The highest BCUT2D eigenvalue weighted by atomic mass is 16.5. The van der Waals surface area contributed by atoms with Crippen LogP contribution in [-0.4, -0.2) is 19.3 Å². The Morgan fingerprint density at radius 2 is 2.15 bits per heavy atom. The number of hydrogen-bond donors (Lipinski definition) is 0. The van der Waals surface area contributed by atoms with Crippen LogP contribution in [0.15, 0.2) is 40.9 Å². The Bertz CT molecular complexity index is 546. The third-order valence-corrected chi connectivity index (χ3v) is 3.81. The SMILES string of the molecule is COC(=O)c1ccccc1N=C[C@H]1CCC(C)=C[C@H]1C. The van der Waals surface area contributed by atoms with Crippen molar-refractivity contribution in [1.82, 2.24) is 0 Å². The summed E-state index contributed by atoms with van der Waals surface area (Å²) in [5.41, 5.74) is 2.65. The molecule has 0 N–H and O–H groups in total. The van der Waals surface area contributed by atoms with Crippen molar-refractivity contribution in [3.05, 3.63) is 41.5 Å². The first-order valence-electron chi connectivity index (χ1n) is 7.00. The molecule has 0 fully saturated rings. The van der Waals surface area contributed by atoms with E-state index in [1.165, 1.54) is 12.7 Å². The largest absolute Gasteiger partial charge is 0.465 e. The molecule has 0 amide bonds. The van der Waals surface area contributed by atoms with Crippen LogP contribution in [0.1, 0.15) is 37.0 Å². The number of carbonyl (C=O) groups is 1. The summed E-state index contributed by atoms with van der Waals surface area (Å²) in [6.45, 7) is 4.39. The van der Waals surface area contributed by atoms with Crippen molar-refractivity contribution in [1.29, 1.82) is 0 Å². The summed E-state index contributed by atoms with van der Waals surface area (Å²) in [5, 5.41) is 0. The Morgan fingerprint density at radius 1 is 1.40 bits per heavy atom. The van der Waals surface area contributed by atoms with Gasteiger partial charge in [-0.15, -0.1) is 0 Å². The van der Waals surface area contributed by atoms with Crippen LogP contribution in [0.2, 0.25) is 0 Å². The Hall–Kier alpha value is -1.90. The average Bonchev–Trinajstić information content (AvgIpc) is 2.46. The molecule has 0 aromatic heterocycles. The summed E-state index contributed by atoms with van der Waals surface area (Å²) < 4.78 is 4.78. The second-order valence-electron chi connectivity index (χ2n) is 5.36. The molecule has 0 saturated carbocycles. The maximum absolute atomic E-state index is 11.7. The molecule has 2 atom stereocenters. The van der Waals surface area contributed by atoms with Gasteiger partial charge in [0.05, 0.1) is 18.4 Å². The van der Waals surface area contributed by atoms with E-state index in [9.17, 15) is 4.79 Å². The molecule has 1 aromatic carbocycles. The molecule has 0 radical (unpaired) electrons. The zero-order chi connectivity index (χ0) is 14.5. The average molecular weight is 271 g/mol. The number of nitrogens with zero attached hydrogens (tertiary/aromatic N) is 1. The summed E-state index contributed by atoms with van der Waals surface area (Å²) in [4.78, 5) is 16.2. The van der Waals surface area contributed by atoms with Crippen LogP contribution in [0.3, 0.4) is 0 Å². The highest BCUT2D eigenvalue weighted by molar-refractivity contribution is 5.95. The predicted octanol–water partition coefficient (Wildman–Crippen LogP) is 4.17. The van der Waals surface area contributed by atoms with Gasteiger partial charge in [0.15, 0.2) is 0 Å². The summed E-state index contributed by atoms with van der Waals surface area (Å²) in [5.74, 6) is 0.590. The molecule has 1 aliphatic rings. The summed E-state index contributed by atoms with van der Waals surface area (Å²) in [7, 11) is 1.39. The molecular weight excluding hydrogens is 250 g/mol. The van der Waals surface area contributed by atoms with Crippen LogP contribution in [0.25, 0.3) is 0 Å². The van der Waals surface area contributed by atoms with Gasteiger partial charge >= 0.3 is 5.97 Å². The number of allylic oxidation sites excluding steroid dienone is 2. The zero-order valence-electron chi connectivity index (χ0n) is 12.3. The van der Waals surface area contributed by atoms with Crippen LogP contribution in [0.5, 0.6) is 0 Å². The maximum Gasteiger partial charge on any atom is 0.340 e. The van der Waals surface area contributed by atoms with Crippen LogP contribution < -0.4 is 0 Å². The molecule has 1 aliphatic carbocycles. The van der Waals surface area contributed by atoms with E-state index in [2.05, 4.69) is 24.9 Å². The first-order chi connectivity index (χ1) is 9.61. The molecule has 2 rings (SSSR count). The number of aliphatic imine (C=N–C) groups is 1. The van der Waals surface area contributed by atoms with E-state index in [-0.39, 0.29) is 5.97 Å². The van der Waals surface area contributed by atoms with Crippen LogP contribution in [0.4, 0.5) is 5.69 Å². The van der Waals surface area contributed by atoms with Gasteiger partial charge in [0.2, 0.25) is 0 Å². The maximum atomic E-state index is 11.7. The van der Waals surface area contributed by atoms with E-state index in [0.717, 1.165) is 12.8 Å². The van der Waals surface area contributed by atoms with E-state index in [0.29, 0.717) is 23.1 Å². The van der Waals surface area contributed by atoms with Gasteiger partial charge in [-0.3, -0.25) is 4.99 Å². The van der Waals surface area contributed by atoms with E-state index in [1.54, 1.807) is 6.07 Å². The second-order valence-corrected chi connectivity index (χ2v) is 5.36. The van der Waals surface area contributed by atoms with Gasteiger partial charge in [-0.25, -0.2) is 4.79 Å². The van der Waals surface area contributed by atoms with Crippen molar-refractivity contribution in [2.75, 3.05) is 7.11 Å². The van der Waals surface area contributed by atoms with Gasteiger partial charge in [0.25, 0.3) is 0 Å². The number of ether oxygens (including phenoxy) is 1. The topological polar surface area (TPSA) is 38.7 Å². The smallest absolute Gasteiger partial charge is 0.340 e. The molecular formula is C17H21NO2. The summed E-state index contributed by atoms with van der Waals surface area (Å²) in [6, 6.07) is 7.29. The lowest BCUT2D eigenvalue weighted by molar-refractivity contribution is 0.0601. The molecule has 0 bridgehead atoms. The molecule has 3 heteroatoms. The van der Waals surface area contributed by atoms with Gasteiger partial charge in [0.1, 0.15) is 0 Å². The Kier molecular flexibility index (Phi) is 4.72. The molecule has 0 heterocycles. The fourth-order valence-electron chi connectivity index (χ4n) is 2.57. The molecule has 0 spiro atoms. The van der Waals surface area contributed by atoms with Crippen molar-refractivity contribution >= 4 is 17.9 Å². The minimum Gasteiger partial charge on any atom is -0.465 e. The molecule has 0 saturated heterocycles. The lowest BCUT2D eigenvalue weighted by atomic mass is 9.83. The normalized spacial score (nSPS) is 22.6. The minimum absolute atomic E-state index is 0.342. The van der Waals surface area contributed by atoms with Crippen molar-refractivity contribution in [3.8, 4) is 0 Å². The van der Waals surface area contributed by atoms with Crippen molar-refractivity contribution < 1.29 is 9.53 Å². The first kappa shape index (κ1) is 14.5. The number of benzene rings is 1. The lowest BCUT2D eigenvalue weighted by Crippen LogP contribution is -2.15. The zero-order valence-corrected chi connectivity index (χ0v) is 12.3. The van der Waals surface area contributed by atoms with Crippen LogP contribution in [0, 0.1) is 11.8 Å². The summed E-state index contributed by atoms with van der Waals surface area (Å²) in [6.07, 6.45) is 6.54. The molecule has 106 valence electrons. The molecule has 0 unspecified atom stereocenters. The molecule has 3 nitrogen and oxygen atoms in total. The van der Waals surface area contributed by atoms with Crippen molar-refractivity contribution in [2.45, 2.75) is 26.7 Å². The Labute approximate surface area is 120 Å². The quantitative estimate of drug-likeness (QED) is 0.470. The minimum atomic E-state index is -0.342. The highest BCUT2D eigenvalue weighted by Gasteiger charge is 2.18. The predicted molar refractivity (Wildman–Crippen MR) is 81.6 cm³/mol. The van der Waals surface area contributed by atoms with E-state index >= 15 is 0 Å². The number of hydrogen-bond acceptors (Lipinski definition) is 3. The number of esters is 1. The summed E-state index contributed by atoms with van der Waals surface area (Å²) >= 11 is 0. The standard InChI is InChI=1S/C17H21NO2/c1-12-8-9-14(13(2)10-12)11-18-16-7-5-4-6-15(16)17(19)20-3/h4-7,10-11,13-14H,8-9H2,1-3H3/t13-,14-/m1/s1. The number of methoxy groups -OCH3 is 1. The van der Waals surface area contributed by atoms with Crippen molar-refractivity contribution in [3.63, 3.8) is 0 Å². The number of carbonyl (C=O) groups excluding carboxylic acids is 1. The molecule has 20 heavy (non-hydrogen) atoms. The fourth-order valence-corrected chi connectivity index (χ4v) is 2.57. The number of rotatable bonds is 3. The van der Waals surface area contributed by atoms with Gasteiger partial charge in [-0.1, -0.05) is 30.7 Å². The van der Waals surface area contributed by atoms with E-state index < -0.39 is 0 Å². The van der Waals surface area contributed by atoms with Gasteiger partial charge in [0, 0.05) is 12.1 Å². The first-order valence-corrected chi connectivity index (χ1v) is 7.00.